The van der Waals surface area contributed by atoms with E-state index in [0.29, 0.717) is 5.56 Å². The number of nitrogens with zero attached hydrogens (tertiary/aromatic N) is 2. The summed E-state index contributed by atoms with van der Waals surface area (Å²) in [6, 6.07) is 1.72. The summed E-state index contributed by atoms with van der Waals surface area (Å²) in [5.74, 6) is 0.0338. The molecule has 2 aromatic rings. The molecule has 6 heteroatoms. The first kappa shape index (κ1) is 9.72. The second-order valence-corrected chi connectivity index (χ2v) is 3.81. The summed E-state index contributed by atoms with van der Waals surface area (Å²) < 4.78 is 0. The molecule has 0 amide bonds. The molecular formula is C9H9N5S. The van der Waals surface area contributed by atoms with Crippen molar-refractivity contribution >= 4 is 17.6 Å². The maximum absolute atomic E-state index is 7.41. The van der Waals surface area contributed by atoms with Crippen molar-refractivity contribution in [2.45, 2.75) is 10.1 Å². The molecule has 0 spiro atoms. The molecule has 0 atom stereocenters. The van der Waals surface area contributed by atoms with Gasteiger partial charge in [0.1, 0.15) is 5.84 Å². The average Bonchev–Trinajstić information content (AvgIpc) is 2.71. The van der Waals surface area contributed by atoms with E-state index in [0.717, 1.165) is 10.1 Å². The Balaban J connectivity index is 2.32. The van der Waals surface area contributed by atoms with Crippen LogP contribution in [0.1, 0.15) is 5.56 Å². The Labute approximate surface area is 90.7 Å². The van der Waals surface area contributed by atoms with Crippen molar-refractivity contribution in [2.24, 2.45) is 5.73 Å². The van der Waals surface area contributed by atoms with Gasteiger partial charge < -0.3 is 10.7 Å². The molecule has 0 saturated heterocycles. The summed E-state index contributed by atoms with van der Waals surface area (Å²) in [6.07, 6.45) is 6.70. The van der Waals surface area contributed by atoms with Gasteiger partial charge >= 0.3 is 0 Å². The van der Waals surface area contributed by atoms with Crippen LogP contribution in [0.2, 0.25) is 0 Å². The minimum atomic E-state index is 0.0338. The van der Waals surface area contributed by atoms with Crippen LogP contribution in [0.25, 0.3) is 0 Å². The fourth-order valence-corrected chi connectivity index (χ4v) is 1.94. The molecule has 76 valence electrons. The predicted molar refractivity (Wildman–Crippen MR) is 58.0 cm³/mol. The third kappa shape index (κ3) is 2.16. The number of aromatic nitrogens is 3. The fourth-order valence-electron chi connectivity index (χ4n) is 1.09. The fraction of sp³-hybridized carbons (Fsp3) is 0. The van der Waals surface area contributed by atoms with Crippen LogP contribution in [0.4, 0.5) is 0 Å². The van der Waals surface area contributed by atoms with Crippen LogP contribution in [-0.2, 0) is 0 Å². The van der Waals surface area contributed by atoms with Crippen molar-refractivity contribution in [3.05, 3.63) is 36.4 Å². The molecule has 2 rings (SSSR count). The number of imidazole rings is 1. The second kappa shape index (κ2) is 4.14. The third-order valence-electron chi connectivity index (χ3n) is 1.75. The molecule has 0 radical (unpaired) electrons. The zero-order valence-corrected chi connectivity index (χ0v) is 8.58. The molecular weight excluding hydrogens is 210 g/mol. The molecule has 0 aromatic carbocycles. The van der Waals surface area contributed by atoms with Gasteiger partial charge in [-0.3, -0.25) is 10.4 Å². The Bertz CT molecular complexity index is 465. The van der Waals surface area contributed by atoms with Crippen LogP contribution < -0.4 is 5.73 Å². The Kier molecular flexibility index (Phi) is 2.68. The maximum atomic E-state index is 7.41. The zero-order valence-electron chi connectivity index (χ0n) is 7.77. The lowest BCUT2D eigenvalue weighted by molar-refractivity contribution is 1.05. The average molecular weight is 219 g/mol. The summed E-state index contributed by atoms with van der Waals surface area (Å²) in [5.41, 5.74) is 6.13. The number of rotatable bonds is 3. The van der Waals surface area contributed by atoms with E-state index in [1.54, 1.807) is 30.9 Å². The second-order valence-electron chi connectivity index (χ2n) is 2.78. The number of nitrogen functional groups attached to an aromatic ring is 1. The Morgan fingerprint density at radius 2 is 2.33 bits per heavy atom. The molecule has 2 aromatic heterocycles. The molecule has 0 aliphatic carbocycles. The molecule has 0 fully saturated rings. The van der Waals surface area contributed by atoms with Gasteiger partial charge in [0.05, 0.1) is 0 Å². The van der Waals surface area contributed by atoms with E-state index >= 15 is 0 Å². The van der Waals surface area contributed by atoms with Gasteiger partial charge in [0.25, 0.3) is 0 Å². The standard InChI is InChI=1S/C9H9N5S/c10-8(11)6-1-2-12-5-7(6)15-9-13-3-4-14-9/h1-5H,(H3,10,11)(H,13,14). The van der Waals surface area contributed by atoms with E-state index < -0.39 is 0 Å². The van der Waals surface area contributed by atoms with Crippen molar-refractivity contribution in [2.75, 3.05) is 0 Å². The highest BCUT2D eigenvalue weighted by Gasteiger charge is 2.07. The summed E-state index contributed by atoms with van der Waals surface area (Å²) in [4.78, 5) is 11.9. The molecule has 5 nitrogen and oxygen atoms in total. The van der Waals surface area contributed by atoms with Gasteiger partial charge in [-0.25, -0.2) is 4.98 Å². The number of hydrogen-bond donors (Lipinski definition) is 3. The van der Waals surface area contributed by atoms with Crippen LogP contribution >= 0.6 is 11.8 Å². The monoisotopic (exact) mass is 219 g/mol. The summed E-state index contributed by atoms with van der Waals surface area (Å²) in [7, 11) is 0. The van der Waals surface area contributed by atoms with E-state index in [1.807, 2.05) is 0 Å². The highest BCUT2D eigenvalue weighted by molar-refractivity contribution is 7.99. The van der Waals surface area contributed by atoms with Crippen molar-refractivity contribution in [3.8, 4) is 0 Å². The predicted octanol–water partition coefficient (Wildman–Crippen LogP) is 1.24. The number of hydrogen-bond acceptors (Lipinski definition) is 4. The molecule has 2 heterocycles. The Morgan fingerprint density at radius 1 is 1.47 bits per heavy atom. The quantitative estimate of drug-likeness (QED) is 0.535. The van der Waals surface area contributed by atoms with Crippen molar-refractivity contribution in [1.82, 2.24) is 15.0 Å². The van der Waals surface area contributed by atoms with Gasteiger partial charge in [-0.15, -0.1) is 0 Å². The summed E-state index contributed by atoms with van der Waals surface area (Å²) in [6.45, 7) is 0. The van der Waals surface area contributed by atoms with Crippen molar-refractivity contribution < 1.29 is 0 Å². The Morgan fingerprint density at radius 3 is 3.00 bits per heavy atom. The van der Waals surface area contributed by atoms with E-state index in [9.17, 15) is 0 Å². The number of aromatic amines is 1. The van der Waals surface area contributed by atoms with Crippen LogP contribution in [-0.4, -0.2) is 20.8 Å². The van der Waals surface area contributed by atoms with E-state index in [4.69, 9.17) is 11.1 Å². The topological polar surface area (TPSA) is 91.4 Å². The molecule has 0 aliphatic rings. The van der Waals surface area contributed by atoms with Gasteiger partial charge in [0.2, 0.25) is 0 Å². The van der Waals surface area contributed by atoms with Crippen LogP contribution in [0.5, 0.6) is 0 Å². The maximum Gasteiger partial charge on any atom is 0.170 e. The summed E-state index contributed by atoms with van der Waals surface area (Å²) in [5, 5.41) is 8.17. The van der Waals surface area contributed by atoms with Gasteiger partial charge in [-0.05, 0) is 17.8 Å². The first-order chi connectivity index (χ1) is 7.27. The zero-order chi connectivity index (χ0) is 10.7. The third-order valence-corrected chi connectivity index (χ3v) is 2.72. The van der Waals surface area contributed by atoms with Crippen molar-refractivity contribution in [3.63, 3.8) is 0 Å². The lowest BCUT2D eigenvalue weighted by atomic mass is 10.2. The lowest BCUT2D eigenvalue weighted by Gasteiger charge is -2.04. The largest absolute Gasteiger partial charge is 0.384 e. The smallest absolute Gasteiger partial charge is 0.170 e. The highest BCUT2D eigenvalue weighted by Crippen LogP contribution is 2.26. The van der Waals surface area contributed by atoms with Gasteiger partial charge in [0, 0.05) is 35.2 Å². The van der Waals surface area contributed by atoms with E-state index in [-0.39, 0.29) is 5.84 Å². The molecule has 15 heavy (non-hydrogen) atoms. The number of H-pyrrole nitrogens is 1. The lowest BCUT2D eigenvalue weighted by Crippen LogP contribution is -2.12. The first-order valence-corrected chi connectivity index (χ1v) is 5.04. The van der Waals surface area contributed by atoms with Gasteiger partial charge in [-0.1, -0.05) is 0 Å². The Hall–Kier alpha value is -1.82. The van der Waals surface area contributed by atoms with Gasteiger partial charge in [0.15, 0.2) is 5.16 Å². The minimum absolute atomic E-state index is 0.0338. The summed E-state index contributed by atoms with van der Waals surface area (Å²) >= 11 is 1.40. The van der Waals surface area contributed by atoms with Crippen LogP contribution in [0.3, 0.4) is 0 Å². The number of nitrogens with one attached hydrogen (secondary N) is 2. The number of amidine groups is 1. The molecule has 4 N–H and O–H groups in total. The SMILES string of the molecule is N=C(N)c1ccncc1Sc1ncc[nH]1. The highest BCUT2D eigenvalue weighted by atomic mass is 32.2. The van der Waals surface area contributed by atoms with Gasteiger partial charge in [-0.2, -0.15) is 0 Å². The number of pyridine rings is 1. The molecule has 0 aliphatic heterocycles. The van der Waals surface area contributed by atoms with Crippen LogP contribution in [0.15, 0.2) is 40.9 Å². The van der Waals surface area contributed by atoms with E-state index in [1.165, 1.54) is 11.8 Å². The minimum Gasteiger partial charge on any atom is -0.384 e. The van der Waals surface area contributed by atoms with Crippen LogP contribution in [0, 0.1) is 5.41 Å². The normalized spacial score (nSPS) is 10.1. The molecule has 0 bridgehead atoms. The first-order valence-electron chi connectivity index (χ1n) is 4.23. The molecule has 0 saturated carbocycles. The van der Waals surface area contributed by atoms with E-state index in [2.05, 4.69) is 15.0 Å². The number of nitrogens with two attached hydrogens (primary N) is 1. The van der Waals surface area contributed by atoms with Crippen molar-refractivity contribution in [1.29, 1.82) is 5.41 Å². The molecule has 0 unspecified atom stereocenters.